The Morgan fingerprint density at radius 2 is 1.48 bits per heavy atom. The highest BCUT2D eigenvalue weighted by atomic mass is 28.4. The molecular weight excluding hydrogens is 809 g/mol. The maximum atomic E-state index is 13.7. The fourth-order valence-corrected chi connectivity index (χ4v) is 9.80. The fourth-order valence-electron chi connectivity index (χ4n) is 7.46. The molecule has 0 radical (unpaired) electrons. The molecule has 1 aliphatic heterocycles. The molecule has 0 bridgehead atoms. The Bertz CT molecular complexity index is 2290. The number of nitro groups is 1. The van der Waals surface area contributed by atoms with Crippen molar-refractivity contribution >= 4 is 25.9 Å². The zero-order chi connectivity index (χ0) is 44.7. The van der Waals surface area contributed by atoms with E-state index in [1.807, 2.05) is 78.9 Å². The highest BCUT2D eigenvalue weighted by molar-refractivity contribution is 6.74. The molecule has 1 amide bonds. The van der Waals surface area contributed by atoms with Crippen molar-refractivity contribution in [3.8, 4) is 11.5 Å². The van der Waals surface area contributed by atoms with Crippen LogP contribution in [0.3, 0.4) is 0 Å². The molecular formula is C47H56N4O10Si. The lowest BCUT2D eigenvalue weighted by atomic mass is 9.79. The smallest absolute Gasteiger partial charge is 0.412 e. The highest BCUT2D eigenvalue weighted by Crippen LogP contribution is 2.47. The van der Waals surface area contributed by atoms with Crippen LogP contribution in [0, 0.1) is 16.0 Å². The first-order valence-electron chi connectivity index (χ1n) is 20.7. The van der Waals surface area contributed by atoms with E-state index in [1.54, 1.807) is 26.4 Å². The molecule has 1 N–H and O–H groups in total. The second-order valence-electron chi connectivity index (χ2n) is 16.7. The van der Waals surface area contributed by atoms with Crippen LogP contribution in [0.2, 0.25) is 18.1 Å². The Kier molecular flexibility index (Phi) is 14.3. The van der Waals surface area contributed by atoms with Gasteiger partial charge in [0.25, 0.3) is 5.69 Å². The molecule has 4 aromatic carbocycles. The lowest BCUT2D eigenvalue weighted by Gasteiger charge is -2.43. The molecule has 1 fully saturated rings. The van der Waals surface area contributed by atoms with E-state index in [-0.39, 0.29) is 36.2 Å². The number of aromatic nitrogens is 2. The Labute approximate surface area is 363 Å². The van der Waals surface area contributed by atoms with E-state index in [1.165, 1.54) is 29.0 Å². The van der Waals surface area contributed by atoms with Crippen LogP contribution in [0.1, 0.15) is 62.6 Å². The number of nitrogens with zero attached hydrogens (tertiary/aromatic N) is 3. The number of methoxy groups -OCH3 is 2. The molecule has 15 heteroatoms. The van der Waals surface area contributed by atoms with Crippen molar-refractivity contribution in [3.05, 3.63) is 158 Å². The number of anilines is 1. The Morgan fingerprint density at radius 3 is 2.02 bits per heavy atom. The standard InChI is InChI=1S/C47H56N4O10Si/c1-32(2)46(3,4)62(7,8)59-31-41-40(61-47(34-12-10-9-11-13-34,35-16-22-38(56-5)23-17-35)36-18-24-39(57-6)25-19-36)30-43(60-41)50-28-26-42(48-44(50)52)49-45(53)58-29-27-33-14-20-37(21-15-33)51(54)55/h9-26,28,32,40-41,43H,27,29-31H2,1-8H3,(H,48,49,52,53)/t40-,41+,43+/m0/s1. The van der Waals surface area contributed by atoms with Gasteiger partial charge in [-0.2, -0.15) is 4.98 Å². The largest absolute Gasteiger partial charge is 0.497 e. The molecule has 5 aromatic rings. The fraction of sp³-hybridized carbons (Fsp3) is 0.383. The topological polar surface area (TPSA) is 163 Å². The molecule has 0 aliphatic carbocycles. The van der Waals surface area contributed by atoms with Crippen LogP contribution >= 0.6 is 0 Å². The van der Waals surface area contributed by atoms with Crippen LogP contribution in [-0.2, 0) is 30.7 Å². The van der Waals surface area contributed by atoms with Crippen molar-refractivity contribution in [1.82, 2.24) is 9.55 Å². The van der Waals surface area contributed by atoms with Crippen molar-refractivity contribution in [2.45, 2.75) is 82.7 Å². The molecule has 2 heterocycles. The third-order valence-corrected chi connectivity index (χ3v) is 17.0. The normalized spacial score (nSPS) is 16.8. The van der Waals surface area contributed by atoms with Crippen LogP contribution in [0.5, 0.6) is 11.5 Å². The van der Waals surface area contributed by atoms with E-state index in [0.717, 1.165) is 22.3 Å². The van der Waals surface area contributed by atoms with Gasteiger partial charge in [0.1, 0.15) is 35.2 Å². The number of rotatable bonds is 18. The molecule has 1 saturated heterocycles. The number of hydrogen-bond acceptors (Lipinski definition) is 11. The van der Waals surface area contributed by atoms with Crippen molar-refractivity contribution in [2.24, 2.45) is 5.92 Å². The average molecular weight is 865 g/mol. The predicted octanol–water partition coefficient (Wildman–Crippen LogP) is 9.28. The van der Waals surface area contributed by atoms with E-state index in [9.17, 15) is 19.7 Å². The molecule has 1 aromatic heterocycles. The maximum Gasteiger partial charge on any atom is 0.412 e. The van der Waals surface area contributed by atoms with E-state index >= 15 is 0 Å². The zero-order valence-electron chi connectivity index (χ0n) is 36.5. The van der Waals surface area contributed by atoms with Crippen LogP contribution in [0.4, 0.5) is 16.3 Å². The minimum absolute atomic E-state index is 0.00281. The second kappa shape index (κ2) is 19.4. The van der Waals surface area contributed by atoms with Gasteiger partial charge in [0.2, 0.25) is 0 Å². The summed E-state index contributed by atoms with van der Waals surface area (Å²) in [5.41, 5.74) is 1.50. The average Bonchev–Trinajstić information content (AvgIpc) is 3.67. The van der Waals surface area contributed by atoms with E-state index < -0.39 is 49.1 Å². The maximum absolute atomic E-state index is 13.7. The van der Waals surface area contributed by atoms with Gasteiger partial charge in [0.05, 0.1) is 38.5 Å². The lowest BCUT2D eigenvalue weighted by molar-refractivity contribution is -0.384. The molecule has 14 nitrogen and oxygen atoms in total. The van der Waals surface area contributed by atoms with E-state index in [0.29, 0.717) is 23.8 Å². The third kappa shape index (κ3) is 10.1. The molecule has 328 valence electrons. The van der Waals surface area contributed by atoms with Crippen molar-refractivity contribution in [3.63, 3.8) is 0 Å². The van der Waals surface area contributed by atoms with Crippen LogP contribution in [0.25, 0.3) is 0 Å². The Morgan fingerprint density at radius 1 is 0.903 bits per heavy atom. The van der Waals surface area contributed by atoms with Gasteiger partial charge in [-0.3, -0.25) is 20.0 Å². The molecule has 62 heavy (non-hydrogen) atoms. The number of benzene rings is 4. The first-order chi connectivity index (χ1) is 29.6. The van der Waals surface area contributed by atoms with Crippen molar-refractivity contribution in [1.29, 1.82) is 0 Å². The van der Waals surface area contributed by atoms with Crippen LogP contribution in [-0.4, -0.2) is 68.5 Å². The van der Waals surface area contributed by atoms with Gasteiger partial charge in [0, 0.05) is 31.2 Å². The Hall–Kier alpha value is -5.87. The van der Waals surface area contributed by atoms with Gasteiger partial charge >= 0.3 is 11.8 Å². The quantitative estimate of drug-likeness (QED) is 0.0387. The number of nitro benzene ring substituents is 1. The molecule has 6 rings (SSSR count). The minimum Gasteiger partial charge on any atom is -0.497 e. The first-order valence-corrected chi connectivity index (χ1v) is 23.6. The van der Waals surface area contributed by atoms with Crippen LogP contribution < -0.4 is 20.5 Å². The summed E-state index contributed by atoms with van der Waals surface area (Å²) in [4.78, 5) is 41.0. The van der Waals surface area contributed by atoms with E-state index in [2.05, 4.69) is 51.1 Å². The van der Waals surface area contributed by atoms with Gasteiger partial charge in [-0.15, -0.1) is 0 Å². The number of carbonyl (C=O) groups is 1. The molecule has 0 unspecified atom stereocenters. The molecule has 3 atom stereocenters. The summed E-state index contributed by atoms with van der Waals surface area (Å²) in [7, 11) is 0.902. The minimum atomic E-state index is -2.35. The predicted molar refractivity (Wildman–Crippen MR) is 238 cm³/mol. The summed E-state index contributed by atoms with van der Waals surface area (Å²) in [6.07, 6.45) is -0.667. The third-order valence-electron chi connectivity index (χ3n) is 12.4. The van der Waals surface area contributed by atoms with Gasteiger partial charge in [-0.05, 0) is 76.6 Å². The summed E-state index contributed by atoms with van der Waals surface area (Å²) in [6, 6.07) is 33.1. The number of carbonyl (C=O) groups excluding carboxylic acids is 1. The summed E-state index contributed by atoms with van der Waals surface area (Å²) in [5, 5.41) is 13.4. The number of non-ortho nitro benzene ring substituents is 1. The lowest BCUT2D eigenvalue weighted by Crippen LogP contribution is -2.48. The SMILES string of the molecule is COc1ccc(C(O[C@H]2C[C@H](n3ccc(NC(=O)OCCc4ccc([N+](=O)[O-])cc4)nc3=O)O[C@@H]2CO[Si](C)(C)C(C)(C)C(C)C)(c2ccccc2)c2ccc(OC)cc2)cc1. The van der Waals surface area contributed by atoms with Gasteiger partial charge in [-0.25, -0.2) is 9.59 Å². The summed E-state index contributed by atoms with van der Waals surface area (Å²) < 4.78 is 39.1. The van der Waals surface area contributed by atoms with Crippen LogP contribution in [0.15, 0.2) is 120 Å². The molecule has 1 aliphatic rings. The second-order valence-corrected chi connectivity index (χ2v) is 21.3. The highest BCUT2D eigenvalue weighted by Gasteiger charge is 2.49. The van der Waals surface area contributed by atoms with E-state index in [4.69, 9.17) is 28.1 Å². The summed E-state index contributed by atoms with van der Waals surface area (Å²) in [6.45, 7) is 13.6. The molecule has 0 spiro atoms. The first kappa shape index (κ1) is 45.6. The van der Waals surface area contributed by atoms with Crippen molar-refractivity contribution < 1.29 is 37.8 Å². The summed E-state index contributed by atoms with van der Waals surface area (Å²) in [5.74, 6) is 1.76. The zero-order valence-corrected chi connectivity index (χ0v) is 37.5. The van der Waals surface area contributed by atoms with Gasteiger partial charge in [-0.1, -0.05) is 94.4 Å². The number of nitrogens with one attached hydrogen (secondary N) is 1. The Balaban J connectivity index is 1.31. The molecule has 0 saturated carbocycles. The van der Waals surface area contributed by atoms with Gasteiger partial charge < -0.3 is 28.1 Å². The number of hydrogen-bond donors (Lipinski definition) is 1. The monoisotopic (exact) mass is 864 g/mol. The number of ether oxygens (including phenoxy) is 5. The summed E-state index contributed by atoms with van der Waals surface area (Å²) >= 11 is 0. The number of amides is 1. The van der Waals surface area contributed by atoms with Crippen molar-refractivity contribution in [2.75, 3.05) is 32.8 Å². The van der Waals surface area contributed by atoms with Gasteiger partial charge in [0.15, 0.2) is 8.32 Å².